The zero-order chi connectivity index (χ0) is 34.9. The molecule has 0 spiro atoms. The third-order valence-corrected chi connectivity index (χ3v) is 8.85. The quantitative estimate of drug-likeness (QED) is 0.0654. The van der Waals surface area contributed by atoms with Crippen LogP contribution in [0.2, 0.25) is 0 Å². The van der Waals surface area contributed by atoms with Gasteiger partial charge in [-0.2, -0.15) is 0 Å². The van der Waals surface area contributed by atoms with E-state index in [1.807, 2.05) is 13.8 Å². The molecule has 1 aliphatic heterocycles. The SMILES string of the molecule is CC.COCC1CC(NC(=S)NCCCCOC2CC(OC(C)=O)C(OC(C)=O)C(COC(C)=O)O2)C(OC)C1OP(O)(=S)OC. The Morgan fingerprint density at radius 1 is 0.935 bits per heavy atom. The van der Waals surface area contributed by atoms with E-state index in [1.54, 1.807) is 14.2 Å². The van der Waals surface area contributed by atoms with Crippen molar-refractivity contribution in [3.05, 3.63) is 0 Å². The van der Waals surface area contributed by atoms with Gasteiger partial charge in [0.25, 0.3) is 0 Å². The molecule has 18 heteroatoms. The second kappa shape index (κ2) is 22.2. The van der Waals surface area contributed by atoms with Gasteiger partial charge in [-0.15, -0.1) is 0 Å². The van der Waals surface area contributed by atoms with Crippen LogP contribution in [0.3, 0.4) is 0 Å². The van der Waals surface area contributed by atoms with Crippen LogP contribution in [-0.4, -0.2) is 118 Å². The average molecular weight is 719 g/mol. The van der Waals surface area contributed by atoms with Crippen LogP contribution in [0.1, 0.15) is 60.3 Å². The number of carbonyl (C=O) groups excluding carboxylic acids is 3. The maximum Gasteiger partial charge on any atom is 0.324 e. The van der Waals surface area contributed by atoms with Gasteiger partial charge in [0.2, 0.25) is 0 Å². The van der Waals surface area contributed by atoms with E-state index in [0.29, 0.717) is 44.1 Å². The van der Waals surface area contributed by atoms with Crippen LogP contribution in [0.4, 0.5) is 0 Å². The number of rotatable bonds is 17. The summed E-state index contributed by atoms with van der Waals surface area (Å²) >= 11 is 10.5. The van der Waals surface area contributed by atoms with E-state index in [-0.39, 0.29) is 25.0 Å². The summed E-state index contributed by atoms with van der Waals surface area (Å²) in [6.45, 7) is 5.34. The second-order valence-corrected chi connectivity index (χ2v) is 13.6. The molecular weight excluding hydrogens is 667 g/mol. The standard InChI is InChI=1S/C26H45N2O13PS2.C2H6/c1-15(29)37-14-21-25(39-17(3)31)20(38-16(2)30)12-22(40-21)36-10-8-7-9-27-26(43)28-19-11-18(13-33-4)23(24(19)34-5)41-42(32,44)35-6;1-2/h18-25H,7-14H2,1-6H3,(H,32,44)(H2,27,28,43);1-2H3. The number of ether oxygens (including phenoxy) is 7. The highest BCUT2D eigenvalue weighted by atomic mass is 32.5. The summed E-state index contributed by atoms with van der Waals surface area (Å²) in [6.07, 6.45) is -2.37. The van der Waals surface area contributed by atoms with Gasteiger partial charge in [0.15, 0.2) is 17.5 Å². The molecule has 1 heterocycles. The van der Waals surface area contributed by atoms with Crippen LogP contribution >= 0.6 is 18.9 Å². The van der Waals surface area contributed by atoms with Crippen molar-refractivity contribution < 1.29 is 61.5 Å². The molecular formula is C28H51N2O13PS2. The molecule has 9 atom stereocenters. The first-order valence-electron chi connectivity index (χ1n) is 15.2. The zero-order valence-electron chi connectivity index (χ0n) is 27.9. The third kappa shape index (κ3) is 15.1. The van der Waals surface area contributed by atoms with E-state index >= 15 is 0 Å². The lowest BCUT2D eigenvalue weighted by Gasteiger charge is -2.39. The molecule has 1 saturated carbocycles. The largest absolute Gasteiger partial charge is 0.463 e. The van der Waals surface area contributed by atoms with E-state index in [9.17, 15) is 19.3 Å². The minimum Gasteiger partial charge on any atom is -0.463 e. The Labute approximate surface area is 282 Å². The summed E-state index contributed by atoms with van der Waals surface area (Å²) in [5.41, 5.74) is 0. The number of hydrogen-bond acceptors (Lipinski definition) is 14. The minimum absolute atomic E-state index is 0.104. The molecule has 0 amide bonds. The Morgan fingerprint density at radius 3 is 2.17 bits per heavy atom. The first-order chi connectivity index (χ1) is 21.8. The average Bonchev–Trinajstić information content (AvgIpc) is 3.29. The molecule has 2 aliphatic rings. The van der Waals surface area contributed by atoms with Gasteiger partial charge in [0.1, 0.15) is 31.0 Å². The number of esters is 3. The number of hydrogen-bond donors (Lipinski definition) is 3. The highest BCUT2D eigenvalue weighted by molar-refractivity contribution is 8.07. The van der Waals surface area contributed by atoms with Crippen LogP contribution in [-0.2, 0) is 68.4 Å². The van der Waals surface area contributed by atoms with Crippen molar-refractivity contribution in [1.82, 2.24) is 10.6 Å². The fourth-order valence-corrected chi connectivity index (χ4v) is 6.36. The van der Waals surface area contributed by atoms with E-state index in [2.05, 4.69) is 10.6 Å². The smallest absolute Gasteiger partial charge is 0.324 e. The summed E-state index contributed by atoms with van der Waals surface area (Å²) in [7, 11) is 4.43. The van der Waals surface area contributed by atoms with Gasteiger partial charge >= 0.3 is 24.6 Å². The maximum absolute atomic E-state index is 11.7. The summed E-state index contributed by atoms with van der Waals surface area (Å²) in [5, 5.41) is 6.85. The zero-order valence-corrected chi connectivity index (χ0v) is 30.4. The van der Waals surface area contributed by atoms with Gasteiger partial charge in [-0.1, -0.05) is 13.8 Å². The van der Waals surface area contributed by atoms with E-state index < -0.39 is 61.4 Å². The molecule has 1 saturated heterocycles. The molecule has 0 aromatic rings. The van der Waals surface area contributed by atoms with Crippen molar-refractivity contribution in [1.29, 1.82) is 0 Å². The Balaban J connectivity index is 0.00000518. The molecule has 0 aromatic carbocycles. The van der Waals surface area contributed by atoms with Crippen LogP contribution in [0, 0.1) is 5.92 Å². The van der Waals surface area contributed by atoms with Crippen LogP contribution in [0.25, 0.3) is 0 Å². The topological polar surface area (TPSA) is 179 Å². The third-order valence-electron chi connectivity index (χ3n) is 6.91. The fourth-order valence-electron chi connectivity index (χ4n) is 5.12. The molecule has 0 aromatic heterocycles. The summed E-state index contributed by atoms with van der Waals surface area (Å²) in [5.74, 6) is -1.79. The molecule has 0 bridgehead atoms. The molecule has 1 aliphatic carbocycles. The predicted molar refractivity (Wildman–Crippen MR) is 174 cm³/mol. The molecule has 0 radical (unpaired) electrons. The lowest BCUT2D eigenvalue weighted by molar-refractivity contribution is -0.266. The molecule has 2 rings (SSSR count). The summed E-state index contributed by atoms with van der Waals surface area (Å²) < 4.78 is 49.3. The molecule has 3 N–H and O–H groups in total. The second-order valence-electron chi connectivity index (χ2n) is 10.3. The molecule has 268 valence electrons. The van der Waals surface area contributed by atoms with Crippen molar-refractivity contribution >= 4 is 53.8 Å². The predicted octanol–water partition coefficient (Wildman–Crippen LogP) is 2.11. The highest BCUT2D eigenvalue weighted by Gasteiger charge is 2.47. The van der Waals surface area contributed by atoms with Crippen molar-refractivity contribution in [3.8, 4) is 0 Å². The van der Waals surface area contributed by atoms with Gasteiger partial charge in [-0.3, -0.25) is 14.4 Å². The summed E-state index contributed by atoms with van der Waals surface area (Å²) in [6, 6.07) is -0.218. The van der Waals surface area contributed by atoms with E-state index in [4.69, 9.17) is 66.2 Å². The first-order valence-corrected chi connectivity index (χ1v) is 18.2. The van der Waals surface area contributed by atoms with Gasteiger partial charge < -0.3 is 57.7 Å². The number of unbranched alkanes of at least 4 members (excludes halogenated alkanes) is 1. The number of thiocarbonyl (C=S) groups is 1. The monoisotopic (exact) mass is 718 g/mol. The van der Waals surface area contributed by atoms with E-state index in [1.165, 1.54) is 27.9 Å². The van der Waals surface area contributed by atoms with Crippen molar-refractivity contribution in [2.24, 2.45) is 5.92 Å². The molecule has 15 nitrogen and oxygen atoms in total. The molecule has 46 heavy (non-hydrogen) atoms. The van der Waals surface area contributed by atoms with Gasteiger partial charge in [-0.25, -0.2) is 0 Å². The first kappa shape index (κ1) is 42.5. The Hall–Kier alpha value is -1.53. The number of methoxy groups -OCH3 is 2. The molecule has 2 fully saturated rings. The van der Waals surface area contributed by atoms with Crippen molar-refractivity contribution in [2.45, 2.75) is 103 Å². The summed E-state index contributed by atoms with van der Waals surface area (Å²) in [4.78, 5) is 44.9. The van der Waals surface area contributed by atoms with Gasteiger partial charge in [0, 0.05) is 67.6 Å². The van der Waals surface area contributed by atoms with Crippen molar-refractivity contribution in [3.63, 3.8) is 0 Å². The Bertz CT molecular complexity index is 1010. The lowest BCUT2D eigenvalue weighted by atomic mass is 10.0. The fraction of sp³-hybridized carbons (Fsp3) is 0.857. The lowest BCUT2D eigenvalue weighted by Crippen LogP contribution is -2.54. The normalized spacial score (nSPS) is 28.5. The van der Waals surface area contributed by atoms with Gasteiger partial charge in [0.05, 0.1) is 12.6 Å². The molecule has 9 unspecified atom stereocenters. The number of nitrogens with one attached hydrogen (secondary N) is 2. The Morgan fingerprint density at radius 2 is 1.61 bits per heavy atom. The number of carbonyl (C=O) groups is 3. The van der Waals surface area contributed by atoms with Crippen LogP contribution in [0.5, 0.6) is 0 Å². The Kier molecular flexibility index (Phi) is 20.5. The minimum atomic E-state index is -3.42. The van der Waals surface area contributed by atoms with Crippen LogP contribution < -0.4 is 10.6 Å². The highest BCUT2D eigenvalue weighted by Crippen LogP contribution is 2.48. The maximum atomic E-state index is 11.7. The van der Waals surface area contributed by atoms with Crippen molar-refractivity contribution in [2.75, 3.05) is 47.7 Å². The van der Waals surface area contributed by atoms with Gasteiger partial charge in [-0.05, 0) is 43.3 Å². The van der Waals surface area contributed by atoms with E-state index in [0.717, 1.165) is 0 Å². The van der Waals surface area contributed by atoms with Crippen LogP contribution in [0.15, 0.2) is 0 Å².